The smallest absolute Gasteiger partial charge is 0.0648 e. The first kappa shape index (κ1) is 7.73. The lowest BCUT2D eigenvalue weighted by molar-refractivity contribution is 0.626. The Morgan fingerprint density at radius 3 is 2.92 bits per heavy atom. The molecule has 2 rings (SSSR count). The largest absolute Gasteiger partial charge is 0.383 e. The molecule has 0 bridgehead atoms. The number of nitrogens with one attached hydrogen (secondary N) is 1. The average molecular weight is 187 g/mol. The highest BCUT2D eigenvalue weighted by atomic mass is 32.3. The molecule has 12 heavy (non-hydrogen) atoms. The Hall–Kier alpha value is -0.900. The lowest BCUT2D eigenvalue weighted by atomic mass is 10.3. The third-order valence-electron chi connectivity index (χ3n) is 1.98. The number of anilines is 1. The second kappa shape index (κ2) is 2.55. The van der Waals surface area contributed by atoms with Crippen LogP contribution in [-0.4, -0.2) is 16.5 Å². The Bertz CT molecular complexity index is 353. The maximum absolute atomic E-state index is 13.4. The molecular weight excluding hydrogens is 177 g/mol. The van der Waals surface area contributed by atoms with Crippen LogP contribution in [0.4, 0.5) is 9.57 Å². The topological polar surface area (TPSA) is 29.1 Å². The normalized spacial score (nSPS) is 22.1. The summed E-state index contributed by atoms with van der Waals surface area (Å²) in [6, 6.07) is 6.85. The van der Waals surface area contributed by atoms with Crippen molar-refractivity contribution >= 4 is 16.0 Å². The summed E-state index contributed by atoms with van der Waals surface area (Å²) in [5.41, 5.74) is 0.676. The number of hydrogen-bond donors (Lipinski definition) is 2. The second-order valence-corrected chi connectivity index (χ2v) is 5.05. The number of para-hydroxylation sites is 1. The summed E-state index contributed by atoms with van der Waals surface area (Å²) in [7, 11) is -3.54. The minimum absolute atomic E-state index is 0.115. The van der Waals surface area contributed by atoms with Gasteiger partial charge in [0.15, 0.2) is 0 Å². The quantitative estimate of drug-likeness (QED) is 0.474. The predicted octanol–water partition coefficient (Wildman–Crippen LogP) is 1.37. The molecule has 0 aromatic heterocycles. The van der Waals surface area contributed by atoms with E-state index in [1.54, 1.807) is 24.3 Å². The zero-order chi connectivity index (χ0) is 8.60. The fourth-order valence-corrected chi connectivity index (χ4v) is 2.83. The molecule has 0 saturated carbocycles. The van der Waals surface area contributed by atoms with Gasteiger partial charge in [-0.2, -0.15) is 3.89 Å². The molecule has 0 saturated heterocycles. The zero-order valence-corrected chi connectivity index (χ0v) is 7.35. The number of fused-ring (bicyclic) bond motifs is 1. The number of rotatable bonds is 0. The Labute approximate surface area is 71.5 Å². The fraction of sp³-hybridized carbons (Fsp3) is 0.250. The summed E-state index contributed by atoms with van der Waals surface area (Å²) < 4.78 is 24.7. The molecule has 1 aliphatic rings. The molecule has 1 aromatic carbocycles. The SMILES string of the molecule is O=[SH]1(F)CCNc2ccccc21. The van der Waals surface area contributed by atoms with E-state index >= 15 is 0 Å². The molecule has 1 aliphatic heterocycles. The van der Waals surface area contributed by atoms with Crippen molar-refractivity contribution in [3.8, 4) is 0 Å². The van der Waals surface area contributed by atoms with Crippen molar-refractivity contribution in [2.75, 3.05) is 17.6 Å². The molecule has 0 atom stereocenters. The summed E-state index contributed by atoms with van der Waals surface area (Å²) in [4.78, 5) is 0.344. The summed E-state index contributed by atoms with van der Waals surface area (Å²) >= 11 is 0. The van der Waals surface area contributed by atoms with Gasteiger partial charge in [-0.3, -0.25) is 4.21 Å². The third kappa shape index (κ3) is 1.12. The third-order valence-corrected chi connectivity index (χ3v) is 3.89. The maximum atomic E-state index is 13.4. The summed E-state index contributed by atoms with van der Waals surface area (Å²) in [5, 5.41) is 3.01. The fourth-order valence-electron chi connectivity index (χ4n) is 1.37. The summed E-state index contributed by atoms with van der Waals surface area (Å²) in [6.07, 6.45) is 0. The molecule has 1 heterocycles. The van der Waals surface area contributed by atoms with Crippen LogP contribution in [0.1, 0.15) is 0 Å². The van der Waals surface area contributed by atoms with Crippen molar-refractivity contribution in [1.82, 2.24) is 0 Å². The standard InChI is InChI=1S/C8H10FNOS/c9-12(11)6-5-10-7-3-1-2-4-8(7)12/h1-4,10,12H,5-6H2. The van der Waals surface area contributed by atoms with Crippen LogP contribution >= 0.6 is 0 Å². The first-order chi connectivity index (χ1) is 5.70. The number of hydrogen-bond acceptors (Lipinski definition) is 2. The molecule has 0 spiro atoms. The Morgan fingerprint density at radius 2 is 2.17 bits per heavy atom. The molecule has 0 aliphatic carbocycles. The Balaban J connectivity index is 2.59. The lowest BCUT2D eigenvalue weighted by Gasteiger charge is -2.24. The van der Waals surface area contributed by atoms with E-state index in [-0.39, 0.29) is 5.75 Å². The highest BCUT2D eigenvalue weighted by molar-refractivity contribution is 7.98. The Morgan fingerprint density at radius 1 is 1.42 bits per heavy atom. The van der Waals surface area contributed by atoms with Crippen molar-refractivity contribution in [1.29, 1.82) is 0 Å². The predicted molar refractivity (Wildman–Crippen MR) is 48.7 cm³/mol. The number of benzene rings is 1. The number of thiol groups is 1. The minimum Gasteiger partial charge on any atom is -0.383 e. The Kier molecular flexibility index (Phi) is 1.65. The molecular formula is C8H10FNOS. The van der Waals surface area contributed by atoms with Gasteiger partial charge in [0, 0.05) is 12.3 Å². The molecule has 4 heteroatoms. The van der Waals surface area contributed by atoms with Gasteiger partial charge in [-0.15, -0.1) is 0 Å². The van der Waals surface area contributed by atoms with Gasteiger partial charge in [-0.05, 0) is 12.1 Å². The van der Waals surface area contributed by atoms with Gasteiger partial charge in [-0.25, -0.2) is 0 Å². The van der Waals surface area contributed by atoms with Crippen LogP contribution in [-0.2, 0) is 10.3 Å². The lowest BCUT2D eigenvalue weighted by Crippen LogP contribution is -2.25. The van der Waals surface area contributed by atoms with Crippen LogP contribution < -0.4 is 5.32 Å². The van der Waals surface area contributed by atoms with Gasteiger partial charge in [-0.1, -0.05) is 12.1 Å². The molecule has 0 fully saturated rings. The highest BCUT2D eigenvalue weighted by Crippen LogP contribution is 2.31. The van der Waals surface area contributed by atoms with Crippen molar-refractivity contribution in [2.24, 2.45) is 0 Å². The number of halogens is 1. The van der Waals surface area contributed by atoms with E-state index in [1.807, 2.05) is 0 Å². The van der Waals surface area contributed by atoms with Crippen molar-refractivity contribution in [3.63, 3.8) is 0 Å². The van der Waals surface area contributed by atoms with Crippen LogP contribution in [0.15, 0.2) is 29.2 Å². The van der Waals surface area contributed by atoms with Gasteiger partial charge in [0.2, 0.25) is 0 Å². The van der Waals surface area contributed by atoms with E-state index in [4.69, 9.17) is 0 Å². The molecule has 2 nitrogen and oxygen atoms in total. The summed E-state index contributed by atoms with van der Waals surface area (Å²) in [5.74, 6) is 0.115. The maximum Gasteiger partial charge on any atom is 0.0648 e. The van der Waals surface area contributed by atoms with Gasteiger partial charge in [0.25, 0.3) is 0 Å². The highest BCUT2D eigenvalue weighted by Gasteiger charge is 2.23. The summed E-state index contributed by atoms with van der Waals surface area (Å²) in [6.45, 7) is 0.463. The molecule has 0 unspecified atom stereocenters. The molecule has 66 valence electrons. The molecule has 1 N–H and O–H groups in total. The monoisotopic (exact) mass is 187 g/mol. The van der Waals surface area contributed by atoms with E-state index < -0.39 is 10.3 Å². The van der Waals surface area contributed by atoms with Crippen LogP contribution in [0.5, 0.6) is 0 Å². The first-order valence-corrected chi connectivity index (χ1v) is 5.61. The van der Waals surface area contributed by atoms with E-state index in [2.05, 4.69) is 5.32 Å². The van der Waals surface area contributed by atoms with Gasteiger partial charge in [0.1, 0.15) is 0 Å². The van der Waals surface area contributed by atoms with Gasteiger partial charge < -0.3 is 5.32 Å². The second-order valence-electron chi connectivity index (χ2n) is 2.82. The first-order valence-electron chi connectivity index (χ1n) is 3.82. The molecule has 0 amide bonds. The van der Waals surface area contributed by atoms with Crippen LogP contribution in [0, 0.1) is 0 Å². The van der Waals surface area contributed by atoms with E-state index in [0.29, 0.717) is 17.1 Å². The van der Waals surface area contributed by atoms with Gasteiger partial charge >= 0.3 is 0 Å². The van der Waals surface area contributed by atoms with E-state index in [0.717, 1.165) is 0 Å². The van der Waals surface area contributed by atoms with E-state index in [1.165, 1.54) is 0 Å². The van der Waals surface area contributed by atoms with E-state index in [9.17, 15) is 8.09 Å². The van der Waals surface area contributed by atoms with Crippen LogP contribution in [0.25, 0.3) is 0 Å². The van der Waals surface area contributed by atoms with Gasteiger partial charge in [0.05, 0.1) is 20.9 Å². The zero-order valence-electron chi connectivity index (χ0n) is 6.46. The average Bonchev–Trinajstić information content (AvgIpc) is 2.04. The minimum atomic E-state index is -3.54. The van der Waals surface area contributed by atoms with Crippen LogP contribution in [0.2, 0.25) is 0 Å². The van der Waals surface area contributed by atoms with Crippen molar-refractivity contribution in [3.05, 3.63) is 24.3 Å². The molecule has 0 radical (unpaired) electrons. The van der Waals surface area contributed by atoms with Crippen molar-refractivity contribution < 1.29 is 8.09 Å². The van der Waals surface area contributed by atoms with Crippen molar-refractivity contribution in [2.45, 2.75) is 4.90 Å². The van der Waals surface area contributed by atoms with Crippen LogP contribution in [0.3, 0.4) is 0 Å². The molecule has 1 aromatic rings.